The number of benzene rings is 1. The van der Waals surface area contributed by atoms with Crippen LogP contribution in [0.5, 0.6) is 0 Å². The van der Waals surface area contributed by atoms with Gasteiger partial charge in [0.2, 0.25) is 10.0 Å². The first-order chi connectivity index (χ1) is 8.32. The molecule has 0 unspecified atom stereocenters. The number of rotatable bonds is 4. The molecule has 0 spiro atoms. The molecule has 1 saturated heterocycles. The van der Waals surface area contributed by atoms with Gasteiger partial charge in [-0.2, -0.15) is 0 Å². The molecule has 18 heavy (non-hydrogen) atoms. The molecule has 1 aliphatic heterocycles. The van der Waals surface area contributed by atoms with Crippen LogP contribution in [0.3, 0.4) is 0 Å². The predicted octanol–water partition coefficient (Wildman–Crippen LogP) is 0.201. The normalized spacial score (nSPS) is 18.4. The lowest BCUT2D eigenvalue weighted by Gasteiger charge is -2.37. The minimum absolute atomic E-state index is 0.0972. The maximum Gasteiger partial charge on any atom is 0.240 e. The predicted molar refractivity (Wildman–Crippen MR) is 67.1 cm³/mol. The third-order valence-electron chi connectivity index (χ3n) is 2.70. The molecule has 0 aliphatic carbocycles. The fraction of sp³-hybridized carbons (Fsp3) is 0.400. The maximum absolute atomic E-state index is 13.3. The van der Waals surface area contributed by atoms with Gasteiger partial charge in [-0.15, -0.1) is 0 Å². The summed E-state index contributed by atoms with van der Waals surface area (Å²) in [5.74, 6) is -0.651. The number of hydrogen-bond donors (Lipinski definition) is 3. The van der Waals surface area contributed by atoms with Gasteiger partial charge < -0.3 is 10.4 Å². The molecule has 1 aromatic rings. The smallest absolute Gasteiger partial charge is 0.240 e. The molecule has 0 amide bonds. The Morgan fingerprint density at radius 3 is 2.67 bits per heavy atom. The van der Waals surface area contributed by atoms with E-state index in [0.717, 1.165) is 6.07 Å². The van der Waals surface area contributed by atoms with Crippen LogP contribution in [0.4, 0.5) is 4.39 Å². The van der Waals surface area contributed by atoms with Gasteiger partial charge in [0.05, 0.1) is 9.37 Å². The van der Waals surface area contributed by atoms with Crippen molar-refractivity contribution in [1.82, 2.24) is 10.0 Å². The van der Waals surface area contributed by atoms with Crippen molar-refractivity contribution in [3.05, 3.63) is 28.5 Å². The van der Waals surface area contributed by atoms with Gasteiger partial charge in [-0.05, 0) is 34.1 Å². The lowest BCUT2D eigenvalue weighted by atomic mass is 9.98. The second kappa shape index (κ2) is 4.86. The van der Waals surface area contributed by atoms with E-state index in [-0.39, 0.29) is 15.9 Å². The summed E-state index contributed by atoms with van der Waals surface area (Å²) in [5, 5.41) is 12.6. The average Bonchev–Trinajstić information content (AvgIpc) is 2.27. The number of halogens is 2. The zero-order valence-corrected chi connectivity index (χ0v) is 11.7. The van der Waals surface area contributed by atoms with E-state index in [1.54, 1.807) is 0 Å². The Morgan fingerprint density at radius 2 is 2.17 bits per heavy atom. The van der Waals surface area contributed by atoms with E-state index in [4.69, 9.17) is 0 Å². The quantitative estimate of drug-likeness (QED) is 0.732. The third kappa shape index (κ3) is 2.89. The van der Waals surface area contributed by atoms with Crippen molar-refractivity contribution in [3.8, 4) is 0 Å². The highest BCUT2D eigenvalue weighted by atomic mass is 79.9. The fourth-order valence-electron chi connectivity index (χ4n) is 1.50. The molecule has 0 atom stereocenters. The zero-order valence-electron chi connectivity index (χ0n) is 9.28. The van der Waals surface area contributed by atoms with Gasteiger partial charge in [0, 0.05) is 19.6 Å². The molecule has 3 N–H and O–H groups in total. The lowest BCUT2D eigenvalue weighted by molar-refractivity contribution is -0.00396. The third-order valence-corrected chi connectivity index (χ3v) is 4.74. The van der Waals surface area contributed by atoms with Gasteiger partial charge in [0.15, 0.2) is 0 Å². The van der Waals surface area contributed by atoms with Crippen molar-refractivity contribution in [3.63, 3.8) is 0 Å². The van der Waals surface area contributed by atoms with Gasteiger partial charge in [0.1, 0.15) is 11.4 Å². The molecule has 0 aromatic heterocycles. The van der Waals surface area contributed by atoms with E-state index in [1.165, 1.54) is 12.1 Å². The molecule has 1 aliphatic rings. The van der Waals surface area contributed by atoms with E-state index < -0.39 is 21.4 Å². The summed E-state index contributed by atoms with van der Waals surface area (Å²) >= 11 is 2.95. The number of sulfonamides is 1. The van der Waals surface area contributed by atoms with E-state index in [9.17, 15) is 17.9 Å². The number of β-amino-alcohol motifs (C(OH)–C–C–N with tert-alkyl or cyclic N) is 1. The van der Waals surface area contributed by atoms with E-state index >= 15 is 0 Å². The Hall–Kier alpha value is -0.540. The number of nitrogens with one attached hydrogen (secondary N) is 2. The Kier molecular flexibility index (Phi) is 3.75. The van der Waals surface area contributed by atoms with Crippen molar-refractivity contribution in [2.75, 3.05) is 19.6 Å². The molecule has 0 radical (unpaired) electrons. The Morgan fingerprint density at radius 1 is 1.50 bits per heavy atom. The fourth-order valence-corrected chi connectivity index (χ4v) is 2.87. The molecule has 1 aromatic carbocycles. The highest BCUT2D eigenvalue weighted by molar-refractivity contribution is 9.10. The molecule has 5 nitrogen and oxygen atoms in total. The van der Waals surface area contributed by atoms with Crippen LogP contribution >= 0.6 is 15.9 Å². The van der Waals surface area contributed by atoms with Crippen molar-refractivity contribution in [2.24, 2.45) is 0 Å². The van der Waals surface area contributed by atoms with E-state index in [0.29, 0.717) is 13.1 Å². The maximum atomic E-state index is 13.3. The summed E-state index contributed by atoms with van der Waals surface area (Å²) in [5.41, 5.74) is -1.05. The Balaban J connectivity index is 2.12. The van der Waals surface area contributed by atoms with Crippen molar-refractivity contribution in [2.45, 2.75) is 10.5 Å². The molecule has 1 heterocycles. The molecule has 8 heteroatoms. The Bertz CT molecular complexity index is 560. The van der Waals surface area contributed by atoms with Crippen LogP contribution < -0.4 is 10.0 Å². The van der Waals surface area contributed by atoms with Crippen LogP contribution in [-0.2, 0) is 10.0 Å². The summed E-state index contributed by atoms with van der Waals surface area (Å²) in [6.45, 7) is 0.578. The molecule has 2 rings (SSSR count). The van der Waals surface area contributed by atoms with Crippen molar-refractivity contribution >= 4 is 26.0 Å². The van der Waals surface area contributed by atoms with Gasteiger partial charge in [-0.3, -0.25) is 0 Å². The van der Waals surface area contributed by atoms with Crippen molar-refractivity contribution in [1.29, 1.82) is 0 Å². The zero-order chi connectivity index (χ0) is 13.4. The van der Waals surface area contributed by atoms with Gasteiger partial charge >= 0.3 is 0 Å². The van der Waals surface area contributed by atoms with Crippen LogP contribution in [0.1, 0.15) is 0 Å². The monoisotopic (exact) mass is 338 g/mol. The van der Waals surface area contributed by atoms with E-state index in [2.05, 4.69) is 26.0 Å². The molecule has 100 valence electrons. The highest BCUT2D eigenvalue weighted by Gasteiger charge is 2.35. The second-order valence-electron chi connectivity index (χ2n) is 4.23. The summed E-state index contributed by atoms with van der Waals surface area (Å²) in [6, 6.07) is 3.54. The van der Waals surface area contributed by atoms with Gasteiger partial charge in [-0.1, -0.05) is 0 Å². The molecule has 0 saturated carbocycles. The van der Waals surface area contributed by atoms with E-state index in [1.807, 2.05) is 0 Å². The first kappa shape index (κ1) is 13.9. The summed E-state index contributed by atoms with van der Waals surface area (Å²) in [6.07, 6.45) is 0. The first-order valence-electron chi connectivity index (χ1n) is 5.20. The summed E-state index contributed by atoms with van der Waals surface area (Å²) in [4.78, 5) is -0.168. The Labute approximate surface area is 113 Å². The van der Waals surface area contributed by atoms with Crippen LogP contribution in [0.15, 0.2) is 27.6 Å². The largest absolute Gasteiger partial charge is 0.386 e. The topological polar surface area (TPSA) is 78.4 Å². The van der Waals surface area contributed by atoms with Crippen molar-refractivity contribution < 1.29 is 17.9 Å². The van der Waals surface area contributed by atoms with Gasteiger partial charge in [-0.25, -0.2) is 17.5 Å². The van der Waals surface area contributed by atoms with Crippen LogP contribution in [0, 0.1) is 5.82 Å². The average molecular weight is 339 g/mol. The van der Waals surface area contributed by atoms with Crippen LogP contribution in [0.25, 0.3) is 0 Å². The number of aliphatic hydroxyl groups is 1. The minimum Gasteiger partial charge on any atom is -0.386 e. The SMILES string of the molecule is O=S(=O)(NCC1(O)CNC1)c1ccc(Br)c(F)c1. The standard InChI is InChI=1S/C10H12BrFN2O3S/c11-8-2-1-7(3-9(8)12)18(16,17)14-6-10(15)4-13-5-10/h1-3,13-15H,4-6H2. The number of hydrogen-bond acceptors (Lipinski definition) is 4. The molecular formula is C10H12BrFN2O3S. The highest BCUT2D eigenvalue weighted by Crippen LogP contribution is 2.19. The molecular weight excluding hydrogens is 327 g/mol. The molecule has 1 fully saturated rings. The van der Waals surface area contributed by atoms with Gasteiger partial charge in [0.25, 0.3) is 0 Å². The first-order valence-corrected chi connectivity index (χ1v) is 7.48. The van der Waals surface area contributed by atoms with Crippen LogP contribution in [0.2, 0.25) is 0 Å². The lowest BCUT2D eigenvalue weighted by Crippen LogP contribution is -2.64. The molecule has 0 bridgehead atoms. The second-order valence-corrected chi connectivity index (χ2v) is 6.85. The minimum atomic E-state index is -3.81. The summed E-state index contributed by atoms with van der Waals surface area (Å²) < 4.78 is 39.4. The van der Waals surface area contributed by atoms with Crippen LogP contribution in [-0.4, -0.2) is 38.8 Å². The summed E-state index contributed by atoms with van der Waals surface area (Å²) in [7, 11) is -3.81.